The van der Waals surface area contributed by atoms with E-state index in [0.29, 0.717) is 55.8 Å². The summed E-state index contributed by atoms with van der Waals surface area (Å²) in [6.07, 6.45) is 1.62. The van der Waals surface area contributed by atoms with Crippen molar-refractivity contribution in [3.63, 3.8) is 0 Å². The van der Waals surface area contributed by atoms with E-state index in [0.717, 1.165) is 16.9 Å². The number of fused-ring (bicyclic) bond motifs is 1. The molecular formula is C35H34N2O10S. The molecule has 0 aliphatic carbocycles. The van der Waals surface area contributed by atoms with Crippen LogP contribution in [0.3, 0.4) is 0 Å². The van der Waals surface area contributed by atoms with Crippen molar-refractivity contribution < 1.29 is 42.5 Å². The molecule has 4 aromatic rings. The van der Waals surface area contributed by atoms with Crippen molar-refractivity contribution in [1.29, 1.82) is 0 Å². The molecule has 1 aliphatic heterocycles. The first-order chi connectivity index (χ1) is 23.2. The molecule has 0 spiro atoms. The fourth-order valence-electron chi connectivity index (χ4n) is 5.08. The van der Waals surface area contributed by atoms with E-state index in [9.17, 15) is 19.2 Å². The van der Waals surface area contributed by atoms with Gasteiger partial charge in [-0.05, 0) is 69.7 Å². The molecule has 0 unspecified atom stereocenters. The number of furan rings is 1. The molecule has 12 nitrogen and oxygen atoms in total. The Kier molecular flexibility index (Phi) is 10.6. The molecule has 250 valence electrons. The van der Waals surface area contributed by atoms with Crippen LogP contribution in [0.25, 0.3) is 17.4 Å². The van der Waals surface area contributed by atoms with Crippen LogP contribution in [-0.2, 0) is 23.8 Å². The summed E-state index contributed by atoms with van der Waals surface area (Å²) < 4.78 is 34.4. The van der Waals surface area contributed by atoms with Crippen molar-refractivity contribution in [3.05, 3.63) is 102 Å². The Bertz CT molecular complexity index is 2050. The van der Waals surface area contributed by atoms with E-state index in [1.165, 1.54) is 11.7 Å². The summed E-state index contributed by atoms with van der Waals surface area (Å²) in [6.45, 7) is 7.32. The lowest BCUT2D eigenvalue weighted by molar-refractivity contribution is -0.143. The normalized spacial score (nSPS) is 14.2. The van der Waals surface area contributed by atoms with Crippen LogP contribution < -0.4 is 24.4 Å². The van der Waals surface area contributed by atoms with E-state index >= 15 is 0 Å². The average Bonchev–Trinajstić information content (AvgIpc) is 3.67. The van der Waals surface area contributed by atoms with Crippen molar-refractivity contribution in [2.45, 2.75) is 33.7 Å². The minimum atomic E-state index is -0.901. The first-order valence-electron chi connectivity index (χ1n) is 15.2. The zero-order chi connectivity index (χ0) is 34.4. The predicted octanol–water partition coefficient (Wildman–Crippen LogP) is 4.19. The van der Waals surface area contributed by atoms with Crippen LogP contribution in [0.15, 0.2) is 80.1 Å². The fraction of sp³-hybridized carbons (Fsp3) is 0.286. The Hall–Kier alpha value is -5.43. The standard InChI is InChI=1S/C35H34N2O10S/c1-6-43-27-17-23(13-15-26(27)46-19-29(38)42-5)31-30(34(41)45-8-3)20(4)36-35-37(31)32(39)28(48-35)18-24-14-16-25(47-24)21-9-11-22(12-10-21)33(40)44-7-2/h9-18,31H,6-8,19H2,1-5H3/b28-18-/t31-/m1/s1. The molecule has 13 heteroatoms. The maximum Gasteiger partial charge on any atom is 0.343 e. The number of ether oxygens (including phenoxy) is 5. The average molecular weight is 675 g/mol. The van der Waals surface area contributed by atoms with E-state index in [1.807, 2.05) is 0 Å². The number of carbonyl (C=O) groups is 3. The molecule has 0 saturated carbocycles. The Morgan fingerprint density at radius 2 is 1.65 bits per heavy atom. The molecule has 48 heavy (non-hydrogen) atoms. The smallest absolute Gasteiger partial charge is 0.343 e. The molecule has 0 N–H and O–H groups in total. The number of thiazole rings is 1. The number of hydrogen-bond donors (Lipinski definition) is 0. The molecule has 0 saturated heterocycles. The van der Waals surface area contributed by atoms with Gasteiger partial charge in [-0.25, -0.2) is 19.4 Å². The van der Waals surface area contributed by atoms with Gasteiger partial charge in [0.1, 0.15) is 11.5 Å². The van der Waals surface area contributed by atoms with Crippen molar-refractivity contribution >= 4 is 35.3 Å². The first-order valence-corrected chi connectivity index (χ1v) is 16.0. The summed E-state index contributed by atoms with van der Waals surface area (Å²) in [5.41, 5.74) is 1.93. The molecular weight excluding hydrogens is 640 g/mol. The van der Waals surface area contributed by atoms with Gasteiger partial charge in [0.2, 0.25) is 0 Å². The topological polar surface area (TPSA) is 145 Å². The second-order valence-electron chi connectivity index (χ2n) is 10.3. The zero-order valence-electron chi connectivity index (χ0n) is 27.1. The second-order valence-corrected chi connectivity index (χ2v) is 11.3. The molecule has 0 amide bonds. The first kappa shape index (κ1) is 33.9. The largest absolute Gasteiger partial charge is 0.490 e. The summed E-state index contributed by atoms with van der Waals surface area (Å²) >= 11 is 1.16. The molecule has 1 aliphatic rings. The Morgan fingerprint density at radius 1 is 0.917 bits per heavy atom. The van der Waals surface area contributed by atoms with Gasteiger partial charge < -0.3 is 28.1 Å². The van der Waals surface area contributed by atoms with Crippen LogP contribution in [0.1, 0.15) is 55.4 Å². The van der Waals surface area contributed by atoms with Crippen molar-refractivity contribution in [1.82, 2.24) is 4.57 Å². The highest BCUT2D eigenvalue weighted by molar-refractivity contribution is 7.07. The monoisotopic (exact) mass is 674 g/mol. The number of hydrogen-bond acceptors (Lipinski definition) is 12. The predicted molar refractivity (Wildman–Crippen MR) is 176 cm³/mol. The number of nitrogens with zero attached hydrogens (tertiary/aromatic N) is 2. The van der Waals surface area contributed by atoms with Crippen molar-refractivity contribution in [2.24, 2.45) is 4.99 Å². The highest BCUT2D eigenvalue weighted by Crippen LogP contribution is 2.36. The van der Waals surface area contributed by atoms with Gasteiger partial charge in [-0.3, -0.25) is 9.36 Å². The van der Waals surface area contributed by atoms with Crippen LogP contribution >= 0.6 is 11.3 Å². The van der Waals surface area contributed by atoms with Gasteiger partial charge >= 0.3 is 17.9 Å². The molecule has 3 heterocycles. The Morgan fingerprint density at radius 3 is 2.33 bits per heavy atom. The number of allylic oxidation sites excluding steroid dienone is 1. The Labute approximate surface area is 279 Å². The number of esters is 3. The summed E-state index contributed by atoms with van der Waals surface area (Å²) in [4.78, 5) is 56.1. The van der Waals surface area contributed by atoms with Gasteiger partial charge in [0.05, 0.1) is 54.3 Å². The van der Waals surface area contributed by atoms with Gasteiger partial charge in [0, 0.05) is 11.6 Å². The fourth-order valence-corrected chi connectivity index (χ4v) is 6.11. The minimum Gasteiger partial charge on any atom is -0.490 e. The third-order valence-corrected chi connectivity index (χ3v) is 8.24. The van der Waals surface area contributed by atoms with E-state index in [2.05, 4.69) is 9.73 Å². The van der Waals surface area contributed by atoms with E-state index < -0.39 is 29.5 Å². The number of benzene rings is 2. The molecule has 0 bridgehead atoms. The summed E-state index contributed by atoms with van der Waals surface area (Å²) in [6, 6.07) is 14.4. The quantitative estimate of drug-likeness (QED) is 0.159. The molecule has 5 rings (SSSR count). The van der Waals surface area contributed by atoms with Crippen LogP contribution in [0.5, 0.6) is 11.5 Å². The van der Waals surface area contributed by atoms with Gasteiger partial charge in [0.25, 0.3) is 5.56 Å². The van der Waals surface area contributed by atoms with Crippen LogP contribution in [0, 0.1) is 0 Å². The van der Waals surface area contributed by atoms with Crippen LogP contribution in [0.2, 0.25) is 0 Å². The summed E-state index contributed by atoms with van der Waals surface area (Å²) in [5, 5.41) is 0. The maximum atomic E-state index is 14.1. The number of rotatable bonds is 12. The molecule has 1 atom stereocenters. The lowest BCUT2D eigenvalue weighted by Gasteiger charge is -2.25. The van der Waals surface area contributed by atoms with Crippen LogP contribution in [0.4, 0.5) is 0 Å². The lowest BCUT2D eigenvalue weighted by atomic mass is 9.95. The van der Waals surface area contributed by atoms with Gasteiger partial charge in [-0.1, -0.05) is 29.5 Å². The van der Waals surface area contributed by atoms with Gasteiger partial charge in [-0.2, -0.15) is 0 Å². The second kappa shape index (κ2) is 15.0. The van der Waals surface area contributed by atoms with E-state index in [1.54, 1.807) is 88.4 Å². The molecule has 2 aromatic carbocycles. The number of methoxy groups -OCH3 is 1. The van der Waals surface area contributed by atoms with Crippen LogP contribution in [-0.4, -0.2) is 56.0 Å². The van der Waals surface area contributed by atoms with Gasteiger partial charge in [-0.15, -0.1) is 0 Å². The van der Waals surface area contributed by atoms with Gasteiger partial charge in [0.15, 0.2) is 22.9 Å². The number of aromatic nitrogens is 1. The third kappa shape index (κ3) is 7.10. The molecule has 0 radical (unpaired) electrons. The highest BCUT2D eigenvalue weighted by Gasteiger charge is 2.34. The SMILES string of the molecule is CCOC(=O)C1=C(C)N=c2s/c(=C\c3ccc(-c4ccc(C(=O)OCC)cc4)o3)c(=O)n2[C@@H]1c1ccc(OCC(=O)OC)c(OCC)c1. The Balaban J connectivity index is 1.56. The lowest BCUT2D eigenvalue weighted by Crippen LogP contribution is -2.40. The molecule has 2 aromatic heterocycles. The number of carbonyl (C=O) groups excluding carboxylic acids is 3. The van der Waals surface area contributed by atoms with Crippen molar-refractivity contribution in [2.75, 3.05) is 33.5 Å². The maximum absolute atomic E-state index is 14.1. The highest BCUT2D eigenvalue weighted by atomic mass is 32.1. The summed E-state index contributed by atoms with van der Waals surface area (Å²) in [5.74, 6) is 0.00235. The minimum absolute atomic E-state index is 0.129. The third-order valence-electron chi connectivity index (χ3n) is 7.25. The van der Waals surface area contributed by atoms with Crippen molar-refractivity contribution in [3.8, 4) is 22.8 Å². The van der Waals surface area contributed by atoms with E-state index in [-0.39, 0.29) is 25.4 Å². The molecule has 0 fully saturated rings. The summed E-state index contributed by atoms with van der Waals surface area (Å²) in [7, 11) is 1.26. The zero-order valence-corrected chi connectivity index (χ0v) is 27.9. The van der Waals surface area contributed by atoms with E-state index in [4.69, 9.17) is 23.4 Å².